The standard InChI is InChI=1S/C12H12FIN2OS/c13-8-5-11-10(6-9(8)14)15-12(18)16(11)7-1-3-17-4-2-7/h5-7H,1-4H2,(H,15,18). The molecular formula is C12H12FIN2OS. The number of hydrogen-bond donors (Lipinski definition) is 1. The Morgan fingerprint density at radius 1 is 1.39 bits per heavy atom. The van der Waals surface area contributed by atoms with Gasteiger partial charge in [0.2, 0.25) is 0 Å². The molecule has 1 aliphatic rings. The van der Waals surface area contributed by atoms with E-state index < -0.39 is 0 Å². The second kappa shape index (κ2) is 4.90. The maximum atomic E-state index is 13.7. The van der Waals surface area contributed by atoms with Crippen LogP contribution in [-0.2, 0) is 4.74 Å². The van der Waals surface area contributed by atoms with Crippen molar-refractivity contribution in [3.63, 3.8) is 0 Å². The fourth-order valence-corrected chi connectivity index (χ4v) is 3.25. The predicted octanol–water partition coefficient (Wildman–Crippen LogP) is 3.79. The molecule has 1 aliphatic heterocycles. The maximum absolute atomic E-state index is 13.7. The first-order valence-corrected chi connectivity index (χ1v) is 7.32. The second-order valence-electron chi connectivity index (χ2n) is 4.43. The normalized spacial score (nSPS) is 17.4. The Morgan fingerprint density at radius 3 is 2.83 bits per heavy atom. The van der Waals surface area contributed by atoms with Crippen LogP contribution >= 0.6 is 34.8 Å². The molecule has 1 fully saturated rings. The van der Waals surface area contributed by atoms with E-state index in [1.807, 2.05) is 27.2 Å². The van der Waals surface area contributed by atoms with E-state index in [-0.39, 0.29) is 5.82 Å². The molecule has 0 unspecified atom stereocenters. The third-order valence-electron chi connectivity index (χ3n) is 3.31. The summed E-state index contributed by atoms with van der Waals surface area (Å²) in [4.78, 5) is 3.16. The molecule has 1 saturated heterocycles. The first-order chi connectivity index (χ1) is 8.66. The second-order valence-corrected chi connectivity index (χ2v) is 5.98. The van der Waals surface area contributed by atoms with Crippen molar-refractivity contribution in [1.82, 2.24) is 9.55 Å². The number of fused-ring (bicyclic) bond motifs is 1. The van der Waals surface area contributed by atoms with E-state index >= 15 is 0 Å². The molecule has 0 saturated carbocycles. The average molecular weight is 378 g/mol. The van der Waals surface area contributed by atoms with E-state index in [9.17, 15) is 4.39 Å². The van der Waals surface area contributed by atoms with Crippen LogP contribution in [-0.4, -0.2) is 22.8 Å². The molecular weight excluding hydrogens is 366 g/mol. The van der Waals surface area contributed by atoms with Gasteiger partial charge in [0.1, 0.15) is 5.82 Å². The molecule has 96 valence electrons. The monoisotopic (exact) mass is 378 g/mol. The molecule has 18 heavy (non-hydrogen) atoms. The SMILES string of the molecule is Fc1cc2c(cc1I)[nH]c(=S)n2C1CCOCC1. The van der Waals surface area contributed by atoms with Gasteiger partial charge in [-0.25, -0.2) is 4.39 Å². The first-order valence-electron chi connectivity index (χ1n) is 5.84. The third kappa shape index (κ3) is 2.10. The quantitative estimate of drug-likeness (QED) is 0.605. The van der Waals surface area contributed by atoms with Gasteiger partial charge in [-0.05, 0) is 53.7 Å². The number of ether oxygens (including phenoxy) is 1. The highest BCUT2D eigenvalue weighted by Gasteiger charge is 2.19. The Kier molecular flexibility index (Phi) is 3.42. The van der Waals surface area contributed by atoms with E-state index in [4.69, 9.17) is 17.0 Å². The van der Waals surface area contributed by atoms with Crippen molar-refractivity contribution in [2.75, 3.05) is 13.2 Å². The molecule has 3 rings (SSSR count). The smallest absolute Gasteiger partial charge is 0.178 e. The van der Waals surface area contributed by atoms with Gasteiger partial charge in [0.25, 0.3) is 0 Å². The van der Waals surface area contributed by atoms with E-state index in [2.05, 4.69) is 4.98 Å². The molecule has 2 heterocycles. The van der Waals surface area contributed by atoms with Gasteiger partial charge < -0.3 is 14.3 Å². The highest BCUT2D eigenvalue weighted by Crippen LogP contribution is 2.28. The van der Waals surface area contributed by atoms with Crippen LogP contribution in [0.15, 0.2) is 12.1 Å². The maximum Gasteiger partial charge on any atom is 0.178 e. The Balaban J connectivity index is 2.18. The van der Waals surface area contributed by atoms with Crippen molar-refractivity contribution in [2.24, 2.45) is 0 Å². The summed E-state index contributed by atoms with van der Waals surface area (Å²) in [5.41, 5.74) is 1.75. The lowest BCUT2D eigenvalue weighted by atomic mass is 10.1. The van der Waals surface area contributed by atoms with Crippen LogP contribution in [0.25, 0.3) is 11.0 Å². The van der Waals surface area contributed by atoms with Crippen LogP contribution in [0, 0.1) is 14.2 Å². The van der Waals surface area contributed by atoms with Crippen molar-refractivity contribution in [1.29, 1.82) is 0 Å². The lowest BCUT2D eigenvalue weighted by molar-refractivity contribution is 0.0702. The predicted molar refractivity (Wildman–Crippen MR) is 78.9 cm³/mol. The third-order valence-corrected chi connectivity index (χ3v) is 4.44. The lowest BCUT2D eigenvalue weighted by Crippen LogP contribution is -2.19. The van der Waals surface area contributed by atoms with E-state index in [1.165, 1.54) is 0 Å². The molecule has 3 nitrogen and oxygen atoms in total. The molecule has 0 aliphatic carbocycles. The molecule has 1 aromatic carbocycles. The largest absolute Gasteiger partial charge is 0.381 e. The number of hydrogen-bond acceptors (Lipinski definition) is 2. The molecule has 0 radical (unpaired) electrons. The van der Waals surface area contributed by atoms with Gasteiger partial charge in [-0.1, -0.05) is 0 Å². The summed E-state index contributed by atoms with van der Waals surface area (Å²) in [5, 5.41) is 0. The van der Waals surface area contributed by atoms with Gasteiger partial charge in [-0.3, -0.25) is 0 Å². The van der Waals surface area contributed by atoms with Crippen LogP contribution in [0.1, 0.15) is 18.9 Å². The lowest BCUT2D eigenvalue weighted by Gasteiger charge is -2.24. The molecule has 1 N–H and O–H groups in total. The van der Waals surface area contributed by atoms with Gasteiger partial charge in [-0.15, -0.1) is 0 Å². The summed E-state index contributed by atoms with van der Waals surface area (Å²) < 4.78 is 22.4. The van der Waals surface area contributed by atoms with Gasteiger partial charge in [0.05, 0.1) is 14.6 Å². The topological polar surface area (TPSA) is 29.9 Å². The average Bonchev–Trinajstić information content (AvgIpc) is 2.66. The highest BCUT2D eigenvalue weighted by atomic mass is 127. The first kappa shape index (κ1) is 12.6. The zero-order valence-corrected chi connectivity index (χ0v) is 12.6. The van der Waals surface area contributed by atoms with Crippen molar-refractivity contribution >= 4 is 45.8 Å². The number of nitrogens with one attached hydrogen (secondary N) is 1. The number of aromatic nitrogens is 2. The minimum atomic E-state index is -0.196. The Bertz CT molecular complexity index is 645. The van der Waals surface area contributed by atoms with Gasteiger partial charge in [0.15, 0.2) is 4.77 Å². The number of imidazole rings is 1. The van der Waals surface area contributed by atoms with Crippen LogP contribution in [0.2, 0.25) is 0 Å². The van der Waals surface area contributed by atoms with Crippen LogP contribution in [0.3, 0.4) is 0 Å². The van der Waals surface area contributed by atoms with Gasteiger partial charge >= 0.3 is 0 Å². The Hall–Kier alpha value is -0.470. The van der Waals surface area contributed by atoms with E-state index in [0.29, 0.717) is 14.4 Å². The van der Waals surface area contributed by atoms with Crippen LogP contribution < -0.4 is 0 Å². The highest BCUT2D eigenvalue weighted by molar-refractivity contribution is 14.1. The molecule has 0 bridgehead atoms. The van der Waals surface area contributed by atoms with E-state index in [0.717, 1.165) is 37.1 Å². The molecule has 0 spiro atoms. The number of halogens is 2. The fraction of sp³-hybridized carbons (Fsp3) is 0.417. The Labute approximate surface area is 122 Å². The van der Waals surface area contributed by atoms with Crippen molar-refractivity contribution in [3.8, 4) is 0 Å². The van der Waals surface area contributed by atoms with Crippen molar-refractivity contribution in [2.45, 2.75) is 18.9 Å². The number of aromatic amines is 1. The molecule has 0 atom stereocenters. The minimum absolute atomic E-state index is 0.196. The number of nitrogens with zero attached hydrogens (tertiary/aromatic N) is 1. The molecule has 2 aromatic rings. The van der Waals surface area contributed by atoms with Crippen molar-refractivity contribution < 1.29 is 9.13 Å². The van der Waals surface area contributed by atoms with Crippen LogP contribution in [0.4, 0.5) is 4.39 Å². The summed E-state index contributed by atoms with van der Waals surface area (Å²) in [6.07, 6.45) is 1.85. The van der Waals surface area contributed by atoms with Gasteiger partial charge in [-0.2, -0.15) is 0 Å². The summed E-state index contributed by atoms with van der Waals surface area (Å²) >= 11 is 7.35. The summed E-state index contributed by atoms with van der Waals surface area (Å²) in [6, 6.07) is 3.68. The van der Waals surface area contributed by atoms with Gasteiger partial charge in [0, 0.05) is 25.3 Å². The number of rotatable bonds is 1. The Morgan fingerprint density at radius 2 is 2.11 bits per heavy atom. The molecule has 1 aromatic heterocycles. The zero-order chi connectivity index (χ0) is 12.7. The number of H-pyrrole nitrogens is 1. The summed E-state index contributed by atoms with van der Waals surface area (Å²) in [6.45, 7) is 1.48. The van der Waals surface area contributed by atoms with E-state index in [1.54, 1.807) is 12.1 Å². The summed E-state index contributed by atoms with van der Waals surface area (Å²) in [7, 11) is 0. The number of benzene rings is 1. The van der Waals surface area contributed by atoms with Crippen molar-refractivity contribution in [3.05, 3.63) is 26.3 Å². The fourth-order valence-electron chi connectivity index (χ4n) is 2.43. The molecule has 0 amide bonds. The molecule has 6 heteroatoms. The summed E-state index contributed by atoms with van der Waals surface area (Å²) in [5.74, 6) is -0.196. The zero-order valence-electron chi connectivity index (χ0n) is 9.58. The van der Waals surface area contributed by atoms with Crippen LogP contribution in [0.5, 0.6) is 0 Å². The minimum Gasteiger partial charge on any atom is -0.381 e.